The van der Waals surface area contributed by atoms with Crippen LogP contribution in [0, 0.1) is 0 Å². The third-order valence-corrected chi connectivity index (χ3v) is 4.67. The van der Waals surface area contributed by atoms with E-state index in [4.69, 9.17) is 0 Å². The second kappa shape index (κ2) is 11.1. The lowest BCUT2D eigenvalue weighted by atomic mass is 10.2. The SMILES string of the molecule is CCNC(=NCCS(C)(=O)=O)N(C)Cc1ccc(SC)cc1.I. The van der Waals surface area contributed by atoms with E-state index in [-0.39, 0.29) is 36.3 Å². The van der Waals surface area contributed by atoms with Gasteiger partial charge < -0.3 is 10.2 Å². The standard InChI is InChI=1S/C15H25N3O2S2.HI/c1-5-16-15(17-10-11-22(4,19)20)18(2)12-13-6-8-14(21-3)9-7-13;/h6-9H,5,10-12H2,1-4H3,(H,16,17);1H. The lowest BCUT2D eigenvalue weighted by Gasteiger charge is -2.22. The lowest BCUT2D eigenvalue weighted by Crippen LogP contribution is -2.38. The van der Waals surface area contributed by atoms with Crippen molar-refractivity contribution in [3.63, 3.8) is 0 Å². The summed E-state index contributed by atoms with van der Waals surface area (Å²) >= 11 is 1.72. The monoisotopic (exact) mass is 471 g/mol. The van der Waals surface area contributed by atoms with Crippen molar-refractivity contribution in [3.8, 4) is 0 Å². The van der Waals surface area contributed by atoms with Gasteiger partial charge in [0.15, 0.2) is 5.96 Å². The van der Waals surface area contributed by atoms with Crippen LogP contribution in [0.5, 0.6) is 0 Å². The summed E-state index contributed by atoms with van der Waals surface area (Å²) in [6, 6.07) is 8.40. The van der Waals surface area contributed by atoms with Gasteiger partial charge in [0.05, 0.1) is 12.3 Å². The van der Waals surface area contributed by atoms with Crippen molar-refractivity contribution in [1.82, 2.24) is 10.2 Å². The first-order valence-electron chi connectivity index (χ1n) is 7.16. The zero-order valence-corrected chi connectivity index (χ0v) is 18.0. The number of aliphatic imine (C=N–C) groups is 1. The van der Waals surface area contributed by atoms with Crippen LogP contribution in [0.3, 0.4) is 0 Å². The van der Waals surface area contributed by atoms with Gasteiger partial charge in [0.25, 0.3) is 0 Å². The number of nitrogens with zero attached hydrogens (tertiary/aromatic N) is 2. The van der Waals surface area contributed by atoms with E-state index in [0.717, 1.165) is 19.0 Å². The summed E-state index contributed by atoms with van der Waals surface area (Å²) in [6.07, 6.45) is 3.28. The van der Waals surface area contributed by atoms with Gasteiger partial charge in [0.2, 0.25) is 0 Å². The normalized spacial score (nSPS) is 11.7. The minimum Gasteiger partial charge on any atom is -0.357 e. The molecular formula is C15H26IN3O2S2. The van der Waals surface area contributed by atoms with Crippen molar-refractivity contribution in [2.45, 2.75) is 18.4 Å². The Labute approximate surface area is 161 Å². The zero-order valence-electron chi connectivity index (χ0n) is 14.1. The van der Waals surface area contributed by atoms with Crippen molar-refractivity contribution in [2.75, 3.05) is 38.4 Å². The molecule has 1 rings (SSSR count). The molecule has 0 fully saturated rings. The van der Waals surface area contributed by atoms with Crippen LogP contribution in [0.2, 0.25) is 0 Å². The second-order valence-electron chi connectivity index (χ2n) is 5.07. The molecule has 0 unspecified atom stereocenters. The number of guanidine groups is 1. The molecule has 0 aromatic heterocycles. The number of hydrogen-bond donors (Lipinski definition) is 1. The van der Waals surface area contributed by atoms with Gasteiger partial charge in [-0.05, 0) is 30.9 Å². The molecule has 1 aromatic rings. The topological polar surface area (TPSA) is 61.8 Å². The number of benzene rings is 1. The van der Waals surface area contributed by atoms with Crippen LogP contribution in [0.15, 0.2) is 34.2 Å². The third kappa shape index (κ3) is 9.41. The fourth-order valence-electron chi connectivity index (χ4n) is 1.87. The van der Waals surface area contributed by atoms with Crippen molar-refractivity contribution in [3.05, 3.63) is 29.8 Å². The quantitative estimate of drug-likeness (QED) is 0.287. The molecule has 132 valence electrons. The molecule has 0 amide bonds. The molecule has 0 aliphatic rings. The average Bonchev–Trinajstić information content (AvgIpc) is 2.46. The minimum atomic E-state index is -2.98. The minimum absolute atomic E-state index is 0. The third-order valence-electron chi connectivity index (χ3n) is 3.00. The first kappa shape index (κ1) is 22.5. The van der Waals surface area contributed by atoms with Gasteiger partial charge in [-0.3, -0.25) is 4.99 Å². The van der Waals surface area contributed by atoms with Crippen LogP contribution in [0.1, 0.15) is 12.5 Å². The highest BCUT2D eigenvalue weighted by molar-refractivity contribution is 14.0. The van der Waals surface area contributed by atoms with Crippen molar-refractivity contribution >= 4 is 51.5 Å². The van der Waals surface area contributed by atoms with Crippen LogP contribution in [0.4, 0.5) is 0 Å². The summed E-state index contributed by atoms with van der Waals surface area (Å²) in [7, 11) is -1.03. The van der Waals surface area contributed by atoms with Crippen LogP contribution < -0.4 is 5.32 Å². The second-order valence-corrected chi connectivity index (χ2v) is 8.21. The Bertz CT molecular complexity index is 589. The van der Waals surface area contributed by atoms with Crippen molar-refractivity contribution < 1.29 is 8.42 Å². The summed E-state index contributed by atoms with van der Waals surface area (Å²) < 4.78 is 22.4. The molecule has 0 saturated heterocycles. The Balaban J connectivity index is 0.00000484. The maximum atomic E-state index is 11.2. The molecule has 0 saturated carbocycles. The van der Waals surface area contributed by atoms with E-state index in [9.17, 15) is 8.42 Å². The molecule has 0 aliphatic heterocycles. The lowest BCUT2D eigenvalue weighted by molar-refractivity contribution is 0.477. The number of halogens is 1. The van der Waals surface area contributed by atoms with Crippen LogP contribution >= 0.6 is 35.7 Å². The maximum absolute atomic E-state index is 11.2. The van der Waals surface area contributed by atoms with Crippen molar-refractivity contribution in [1.29, 1.82) is 0 Å². The highest BCUT2D eigenvalue weighted by Crippen LogP contribution is 2.15. The number of nitrogens with one attached hydrogen (secondary N) is 1. The van der Waals surface area contributed by atoms with E-state index < -0.39 is 9.84 Å². The number of thioether (sulfide) groups is 1. The van der Waals surface area contributed by atoms with Gasteiger partial charge in [-0.1, -0.05) is 12.1 Å². The smallest absolute Gasteiger partial charge is 0.193 e. The van der Waals surface area contributed by atoms with E-state index in [1.165, 1.54) is 16.7 Å². The molecule has 8 heteroatoms. The van der Waals surface area contributed by atoms with Crippen LogP contribution in [-0.4, -0.2) is 57.7 Å². The number of hydrogen-bond acceptors (Lipinski definition) is 4. The molecule has 23 heavy (non-hydrogen) atoms. The summed E-state index contributed by atoms with van der Waals surface area (Å²) in [5.41, 5.74) is 1.19. The maximum Gasteiger partial charge on any atom is 0.193 e. The predicted octanol–water partition coefficient (Wildman–Crippen LogP) is 2.47. The fourth-order valence-corrected chi connectivity index (χ4v) is 2.70. The van der Waals surface area contributed by atoms with Crippen LogP contribution in [0.25, 0.3) is 0 Å². The Hall–Kier alpha value is -0.480. The first-order valence-corrected chi connectivity index (χ1v) is 10.4. The highest BCUT2D eigenvalue weighted by atomic mass is 127. The molecule has 0 heterocycles. The largest absolute Gasteiger partial charge is 0.357 e. The van der Waals surface area contributed by atoms with Gasteiger partial charge in [-0.25, -0.2) is 8.42 Å². The van der Waals surface area contributed by atoms with E-state index in [0.29, 0.717) is 0 Å². The Morgan fingerprint density at radius 1 is 1.30 bits per heavy atom. The summed E-state index contributed by atoms with van der Waals surface area (Å²) in [6.45, 7) is 3.73. The molecular weight excluding hydrogens is 445 g/mol. The molecule has 1 aromatic carbocycles. The molecule has 0 atom stereocenters. The van der Waals surface area contributed by atoms with Gasteiger partial charge in [-0.2, -0.15) is 0 Å². The van der Waals surface area contributed by atoms with Gasteiger partial charge >= 0.3 is 0 Å². The predicted molar refractivity (Wildman–Crippen MR) is 111 cm³/mol. The number of rotatable bonds is 7. The zero-order chi connectivity index (χ0) is 16.6. The van der Waals surface area contributed by atoms with E-state index in [1.807, 2.05) is 18.9 Å². The Morgan fingerprint density at radius 2 is 1.91 bits per heavy atom. The summed E-state index contributed by atoms with van der Waals surface area (Å²) in [4.78, 5) is 7.61. The van der Waals surface area contributed by atoms with Gasteiger partial charge in [0, 0.05) is 31.3 Å². The average molecular weight is 471 g/mol. The van der Waals surface area contributed by atoms with Crippen LogP contribution in [-0.2, 0) is 16.4 Å². The Morgan fingerprint density at radius 3 is 2.39 bits per heavy atom. The van der Waals surface area contributed by atoms with E-state index >= 15 is 0 Å². The molecule has 1 N–H and O–H groups in total. The van der Waals surface area contributed by atoms with Gasteiger partial charge in [-0.15, -0.1) is 35.7 Å². The van der Waals surface area contributed by atoms with E-state index in [2.05, 4.69) is 40.8 Å². The summed E-state index contributed by atoms with van der Waals surface area (Å²) in [5, 5.41) is 3.19. The molecule has 5 nitrogen and oxygen atoms in total. The van der Waals surface area contributed by atoms with Gasteiger partial charge in [0.1, 0.15) is 9.84 Å². The molecule has 0 aliphatic carbocycles. The Kier molecular flexibility index (Phi) is 10.9. The fraction of sp³-hybridized carbons (Fsp3) is 0.533. The van der Waals surface area contributed by atoms with Crippen molar-refractivity contribution in [2.24, 2.45) is 4.99 Å². The first-order chi connectivity index (χ1) is 10.4. The highest BCUT2D eigenvalue weighted by Gasteiger charge is 2.07. The molecule has 0 bridgehead atoms. The van der Waals surface area contributed by atoms with E-state index in [1.54, 1.807) is 11.8 Å². The molecule has 0 spiro atoms. The molecule has 0 radical (unpaired) electrons. The summed E-state index contributed by atoms with van der Waals surface area (Å²) in [5.74, 6) is 0.790. The number of sulfone groups is 1.